The Hall–Kier alpha value is -0.530. The number of rotatable bonds is 5. The molecule has 17 heavy (non-hydrogen) atoms. The fourth-order valence-electron chi connectivity index (χ4n) is 0.971. The Labute approximate surface area is 111 Å². The normalized spacial score (nSPS) is 11.2. The van der Waals surface area contributed by atoms with Gasteiger partial charge < -0.3 is 13.6 Å². The number of hydrogen-bond acceptors (Lipinski definition) is 6. The molecular formula is C8H9BrNO5PS. The molecule has 94 valence electrons. The van der Waals surface area contributed by atoms with Gasteiger partial charge in [-0.3, -0.25) is 10.1 Å². The second kappa shape index (κ2) is 5.88. The largest absolute Gasteiger partial charge is 0.424 e. The average Bonchev–Trinajstić information content (AvgIpc) is 2.28. The summed E-state index contributed by atoms with van der Waals surface area (Å²) in [6, 6.07) is 4.18. The molecule has 0 aliphatic rings. The van der Waals surface area contributed by atoms with Crippen molar-refractivity contribution in [3.8, 4) is 5.75 Å². The maximum Gasteiger partial charge on any atom is 0.380 e. The fraction of sp³-hybridized carbons (Fsp3) is 0.250. The molecule has 0 amide bonds. The summed E-state index contributed by atoms with van der Waals surface area (Å²) in [6.07, 6.45) is 0. The van der Waals surface area contributed by atoms with Crippen LogP contribution < -0.4 is 4.52 Å². The SMILES string of the molecule is COP(=S)(OC)Oc1ccc([N+](=O)[O-])c(Br)c1. The van der Waals surface area contributed by atoms with E-state index in [1.807, 2.05) is 0 Å². The summed E-state index contributed by atoms with van der Waals surface area (Å²) >= 11 is 8.08. The number of hydrogen-bond donors (Lipinski definition) is 0. The molecule has 0 bridgehead atoms. The fourth-order valence-corrected chi connectivity index (χ4v) is 2.40. The summed E-state index contributed by atoms with van der Waals surface area (Å²) in [4.78, 5) is 10.1. The van der Waals surface area contributed by atoms with Crippen LogP contribution in [0.2, 0.25) is 0 Å². The Balaban J connectivity index is 2.99. The van der Waals surface area contributed by atoms with Crippen LogP contribution in [0.25, 0.3) is 0 Å². The van der Waals surface area contributed by atoms with Crippen molar-refractivity contribution < 1.29 is 18.5 Å². The second-order valence-corrected chi connectivity index (χ2v) is 6.78. The van der Waals surface area contributed by atoms with Crippen molar-refractivity contribution in [3.05, 3.63) is 32.8 Å². The molecule has 0 heterocycles. The monoisotopic (exact) mass is 341 g/mol. The van der Waals surface area contributed by atoms with E-state index in [0.29, 0.717) is 10.2 Å². The first-order chi connectivity index (χ1) is 7.91. The molecule has 1 aromatic carbocycles. The lowest BCUT2D eigenvalue weighted by molar-refractivity contribution is -0.385. The zero-order chi connectivity index (χ0) is 13.1. The summed E-state index contributed by atoms with van der Waals surface area (Å²) < 4.78 is 15.5. The van der Waals surface area contributed by atoms with Crippen LogP contribution in [0.3, 0.4) is 0 Å². The van der Waals surface area contributed by atoms with E-state index >= 15 is 0 Å². The smallest absolute Gasteiger partial charge is 0.380 e. The summed E-state index contributed by atoms with van der Waals surface area (Å²) in [7, 11) is 2.76. The number of nitro benzene ring substituents is 1. The van der Waals surface area contributed by atoms with Gasteiger partial charge in [-0.15, -0.1) is 0 Å². The summed E-state index contributed by atoms with van der Waals surface area (Å²) in [6.45, 7) is -2.82. The van der Waals surface area contributed by atoms with Crippen LogP contribution in [-0.4, -0.2) is 19.1 Å². The van der Waals surface area contributed by atoms with Gasteiger partial charge in [-0.25, -0.2) is 0 Å². The minimum atomic E-state index is -2.82. The molecule has 1 aromatic rings. The topological polar surface area (TPSA) is 70.8 Å². The molecule has 6 nitrogen and oxygen atoms in total. The summed E-state index contributed by atoms with van der Waals surface area (Å²) in [5.41, 5.74) is -0.0551. The van der Waals surface area contributed by atoms with Crippen LogP contribution in [0.1, 0.15) is 0 Å². The van der Waals surface area contributed by atoms with Crippen LogP contribution in [0.15, 0.2) is 22.7 Å². The molecule has 0 fully saturated rings. The number of benzene rings is 1. The first-order valence-electron chi connectivity index (χ1n) is 4.27. The van der Waals surface area contributed by atoms with Gasteiger partial charge in [0.25, 0.3) is 5.69 Å². The first-order valence-corrected chi connectivity index (χ1v) is 7.62. The number of nitrogens with zero attached hydrogens (tertiary/aromatic N) is 1. The van der Waals surface area contributed by atoms with Gasteiger partial charge in [-0.2, -0.15) is 0 Å². The van der Waals surface area contributed by atoms with Crippen molar-refractivity contribution in [2.75, 3.05) is 14.2 Å². The highest BCUT2D eigenvalue weighted by Gasteiger charge is 2.20. The molecule has 0 aromatic heterocycles. The summed E-state index contributed by atoms with van der Waals surface area (Å²) in [5, 5.41) is 10.6. The Morgan fingerprint density at radius 3 is 2.41 bits per heavy atom. The second-order valence-electron chi connectivity index (χ2n) is 2.77. The third kappa shape index (κ3) is 3.72. The van der Waals surface area contributed by atoms with Crippen molar-refractivity contribution >= 4 is 40.1 Å². The Kier molecular flexibility index (Phi) is 5.03. The van der Waals surface area contributed by atoms with Crippen LogP contribution >= 0.6 is 22.6 Å². The zero-order valence-electron chi connectivity index (χ0n) is 8.95. The van der Waals surface area contributed by atoms with Crippen LogP contribution in [0.5, 0.6) is 5.75 Å². The van der Waals surface area contributed by atoms with Crippen molar-refractivity contribution in [1.82, 2.24) is 0 Å². The van der Waals surface area contributed by atoms with Crippen LogP contribution in [-0.2, 0) is 20.9 Å². The first kappa shape index (κ1) is 14.5. The van der Waals surface area contributed by atoms with Crippen LogP contribution in [0.4, 0.5) is 5.69 Å². The average molecular weight is 342 g/mol. The van der Waals surface area contributed by atoms with E-state index in [9.17, 15) is 10.1 Å². The lowest BCUT2D eigenvalue weighted by atomic mass is 10.3. The Morgan fingerprint density at radius 2 is 2.00 bits per heavy atom. The van der Waals surface area contributed by atoms with E-state index in [-0.39, 0.29) is 5.69 Å². The molecular weight excluding hydrogens is 333 g/mol. The van der Waals surface area contributed by atoms with Gasteiger partial charge in [0, 0.05) is 38.2 Å². The lowest BCUT2D eigenvalue weighted by Gasteiger charge is -2.18. The van der Waals surface area contributed by atoms with Crippen molar-refractivity contribution in [2.45, 2.75) is 0 Å². The zero-order valence-corrected chi connectivity index (χ0v) is 12.3. The van der Waals surface area contributed by atoms with Crippen molar-refractivity contribution in [2.24, 2.45) is 0 Å². The van der Waals surface area contributed by atoms with Gasteiger partial charge in [-0.1, -0.05) is 0 Å². The Bertz CT molecular complexity index is 475. The molecule has 0 unspecified atom stereocenters. The van der Waals surface area contributed by atoms with Crippen LogP contribution in [0, 0.1) is 10.1 Å². The molecule has 0 aliphatic carbocycles. The van der Waals surface area contributed by atoms with Gasteiger partial charge in [-0.05, 0) is 22.0 Å². The predicted molar refractivity (Wildman–Crippen MR) is 69.7 cm³/mol. The minimum Gasteiger partial charge on any atom is -0.424 e. The molecule has 1 rings (SSSR count). The maximum atomic E-state index is 10.6. The minimum absolute atomic E-state index is 0.0551. The third-order valence-electron chi connectivity index (χ3n) is 1.78. The molecule has 9 heteroatoms. The highest BCUT2D eigenvalue weighted by atomic mass is 79.9. The lowest BCUT2D eigenvalue weighted by Crippen LogP contribution is -1.97. The predicted octanol–water partition coefficient (Wildman–Crippen LogP) is 3.25. The van der Waals surface area contributed by atoms with E-state index < -0.39 is 11.6 Å². The Morgan fingerprint density at radius 1 is 1.41 bits per heavy atom. The van der Waals surface area contributed by atoms with E-state index in [1.54, 1.807) is 0 Å². The highest BCUT2D eigenvalue weighted by molar-refractivity contribution is 9.10. The van der Waals surface area contributed by atoms with Gasteiger partial charge >= 0.3 is 6.72 Å². The quantitative estimate of drug-likeness (QED) is 0.465. The van der Waals surface area contributed by atoms with E-state index in [4.69, 9.17) is 25.4 Å². The molecule has 0 atom stereocenters. The highest BCUT2D eigenvalue weighted by Crippen LogP contribution is 2.48. The molecule has 0 spiro atoms. The summed E-state index contributed by atoms with van der Waals surface area (Å²) in [5.74, 6) is 0.342. The van der Waals surface area contributed by atoms with Gasteiger partial charge in [0.1, 0.15) is 5.75 Å². The standard InChI is InChI=1S/C8H9BrNO5PS/c1-13-16(17,14-2)15-6-3-4-8(10(11)12)7(9)5-6/h3-5H,1-2H3. The van der Waals surface area contributed by atoms with Gasteiger partial charge in [0.2, 0.25) is 0 Å². The molecule has 0 aliphatic heterocycles. The van der Waals surface area contributed by atoms with E-state index in [0.717, 1.165) is 0 Å². The maximum absolute atomic E-state index is 10.6. The molecule has 0 radical (unpaired) electrons. The molecule has 0 saturated heterocycles. The van der Waals surface area contributed by atoms with Gasteiger partial charge in [0.15, 0.2) is 0 Å². The van der Waals surface area contributed by atoms with Crippen molar-refractivity contribution in [3.63, 3.8) is 0 Å². The third-order valence-corrected chi connectivity index (χ3v) is 4.86. The van der Waals surface area contributed by atoms with E-state index in [2.05, 4.69) is 15.9 Å². The van der Waals surface area contributed by atoms with Crippen molar-refractivity contribution in [1.29, 1.82) is 0 Å². The molecule has 0 saturated carbocycles. The number of nitro groups is 1. The molecule has 0 N–H and O–H groups in total. The van der Waals surface area contributed by atoms with E-state index in [1.165, 1.54) is 32.4 Å². The number of halogens is 1. The van der Waals surface area contributed by atoms with Gasteiger partial charge in [0.05, 0.1) is 9.40 Å².